The molecule has 0 saturated carbocycles. The summed E-state index contributed by atoms with van der Waals surface area (Å²) in [5.41, 5.74) is 0.176. The molecule has 0 spiro atoms. The Kier molecular flexibility index (Phi) is 6.45. The van der Waals surface area contributed by atoms with Crippen LogP contribution in [0, 0.1) is 0 Å². The summed E-state index contributed by atoms with van der Waals surface area (Å²) in [6, 6.07) is 0. The number of amides is 1. The molecule has 1 aliphatic heterocycles. The van der Waals surface area contributed by atoms with E-state index in [2.05, 4.69) is 11.9 Å². The van der Waals surface area contributed by atoms with Crippen LogP contribution in [0.25, 0.3) is 0 Å². The molecule has 0 bridgehead atoms. The molecule has 0 atom stereocenters. The molecule has 1 aliphatic rings. The summed E-state index contributed by atoms with van der Waals surface area (Å²) in [7, 11) is 0. The van der Waals surface area contributed by atoms with Crippen LogP contribution in [0.15, 0.2) is 12.2 Å². The van der Waals surface area contributed by atoms with Gasteiger partial charge in [-0.1, -0.05) is 13.0 Å². The molecule has 0 unspecified atom stereocenters. The Labute approximate surface area is 84.0 Å². The number of hydrogen-bond acceptors (Lipinski definition) is 2. The van der Waals surface area contributed by atoms with Gasteiger partial charge < -0.3 is 10.4 Å². The van der Waals surface area contributed by atoms with Gasteiger partial charge in [-0.15, -0.1) is 0 Å². The van der Waals surface area contributed by atoms with Crippen LogP contribution in [0.3, 0.4) is 0 Å². The molecule has 0 aromatic carbocycles. The number of nitrogens with one attached hydrogen (secondary N) is 1. The second-order valence-corrected chi connectivity index (χ2v) is 3.25. The SMILES string of the molecule is C=C(C)C(=O)O.O=C1CCCCCN1. The lowest BCUT2D eigenvalue weighted by Gasteiger charge is -1.93. The van der Waals surface area contributed by atoms with Crippen molar-refractivity contribution in [3.8, 4) is 0 Å². The van der Waals surface area contributed by atoms with E-state index in [1.807, 2.05) is 0 Å². The van der Waals surface area contributed by atoms with E-state index in [-0.39, 0.29) is 11.5 Å². The summed E-state index contributed by atoms with van der Waals surface area (Å²) in [4.78, 5) is 20.2. The van der Waals surface area contributed by atoms with Crippen molar-refractivity contribution >= 4 is 11.9 Å². The summed E-state index contributed by atoms with van der Waals surface area (Å²) in [5, 5.41) is 10.7. The monoisotopic (exact) mass is 199 g/mol. The number of rotatable bonds is 1. The molecule has 1 heterocycles. The molecule has 14 heavy (non-hydrogen) atoms. The molecule has 0 aliphatic carbocycles. The van der Waals surface area contributed by atoms with Gasteiger partial charge in [0.1, 0.15) is 0 Å². The van der Waals surface area contributed by atoms with Gasteiger partial charge in [0, 0.05) is 18.5 Å². The van der Waals surface area contributed by atoms with E-state index in [1.165, 1.54) is 13.3 Å². The lowest BCUT2D eigenvalue weighted by atomic mass is 10.2. The summed E-state index contributed by atoms with van der Waals surface area (Å²) < 4.78 is 0. The summed E-state index contributed by atoms with van der Waals surface area (Å²) in [5.74, 6) is -0.711. The number of carboxylic acid groups (broad SMARTS) is 1. The first-order valence-corrected chi connectivity index (χ1v) is 4.69. The third kappa shape index (κ3) is 7.34. The molecule has 1 rings (SSSR count). The van der Waals surface area contributed by atoms with Crippen LogP contribution in [0.1, 0.15) is 32.6 Å². The average molecular weight is 199 g/mol. The topological polar surface area (TPSA) is 66.4 Å². The van der Waals surface area contributed by atoms with Gasteiger partial charge in [-0.25, -0.2) is 4.79 Å². The molecule has 1 amide bonds. The fraction of sp³-hybridized carbons (Fsp3) is 0.600. The molecule has 0 aromatic heterocycles. The van der Waals surface area contributed by atoms with E-state index < -0.39 is 5.97 Å². The molecule has 2 N–H and O–H groups in total. The minimum absolute atomic E-state index is 0.176. The van der Waals surface area contributed by atoms with Crippen molar-refractivity contribution in [3.63, 3.8) is 0 Å². The zero-order chi connectivity index (χ0) is 11.0. The number of hydrogen-bond donors (Lipinski definition) is 2. The van der Waals surface area contributed by atoms with Crippen molar-refractivity contribution in [2.75, 3.05) is 6.54 Å². The van der Waals surface area contributed by atoms with Crippen molar-refractivity contribution in [3.05, 3.63) is 12.2 Å². The Morgan fingerprint density at radius 2 is 2.00 bits per heavy atom. The van der Waals surface area contributed by atoms with Gasteiger partial charge in [-0.2, -0.15) is 0 Å². The van der Waals surface area contributed by atoms with Gasteiger partial charge >= 0.3 is 5.97 Å². The van der Waals surface area contributed by atoms with Crippen molar-refractivity contribution in [1.29, 1.82) is 0 Å². The van der Waals surface area contributed by atoms with E-state index in [0.29, 0.717) is 0 Å². The zero-order valence-corrected chi connectivity index (χ0v) is 8.51. The van der Waals surface area contributed by atoms with Gasteiger partial charge in [0.05, 0.1) is 0 Å². The van der Waals surface area contributed by atoms with Crippen LogP contribution in [-0.2, 0) is 9.59 Å². The summed E-state index contributed by atoms with van der Waals surface area (Å²) >= 11 is 0. The van der Waals surface area contributed by atoms with Crippen LogP contribution < -0.4 is 5.32 Å². The Hall–Kier alpha value is -1.32. The Bertz CT molecular complexity index is 201. The van der Waals surface area contributed by atoms with E-state index in [4.69, 9.17) is 5.11 Å². The molecule has 80 valence electrons. The lowest BCUT2D eigenvalue weighted by Crippen LogP contribution is -2.21. The van der Waals surface area contributed by atoms with Crippen molar-refractivity contribution < 1.29 is 14.7 Å². The van der Waals surface area contributed by atoms with Crippen molar-refractivity contribution in [2.24, 2.45) is 0 Å². The molecule has 4 nitrogen and oxygen atoms in total. The largest absolute Gasteiger partial charge is 0.478 e. The van der Waals surface area contributed by atoms with Crippen molar-refractivity contribution in [1.82, 2.24) is 5.32 Å². The number of aliphatic carboxylic acids is 1. The Morgan fingerprint density at radius 3 is 2.50 bits per heavy atom. The highest BCUT2D eigenvalue weighted by molar-refractivity contribution is 5.84. The molecular weight excluding hydrogens is 182 g/mol. The van der Waals surface area contributed by atoms with Gasteiger partial charge in [-0.05, 0) is 19.8 Å². The van der Waals surface area contributed by atoms with Crippen LogP contribution >= 0.6 is 0 Å². The Morgan fingerprint density at radius 1 is 1.43 bits per heavy atom. The fourth-order valence-electron chi connectivity index (χ4n) is 0.904. The molecule has 1 saturated heterocycles. The van der Waals surface area contributed by atoms with Crippen molar-refractivity contribution in [2.45, 2.75) is 32.6 Å². The summed E-state index contributed by atoms with van der Waals surface area (Å²) in [6.45, 7) is 5.49. The normalized spacial score (nSPS) is 15.6. The van der Waals surface area contributed by atoms with E-state index in [9.17, 15) is 9.59 Å². The second-order valence-electron chi connectivity index (χ2n) is 3.25. The van der Waals surface area contributed by atoms with Gasteiger partial charge in [-0.3, -0.25) is 4.79 Å². The molecule has 0 radical (unpaired) electrons. The molecular formula is C10H17NO3. The van der Waals surface area contributed by atoms with Crippen LogP contribution in [0.4, 0.5) is 0 Å². The molecule has 4 heteroatoms. The standard InChI is InChI=1S/C6H11NO.C4H6O2/c8-6-4-2-1-3-5-7-6;1-3(2)4(5)6/h1-5H2,(H,7,8);1H2,2H3,(H,5,6). The average Bonchev–Trinajstić information content (AvgIpc) is 2.33. The molecule has 0 aromatic rings. The highest BCUT2D eigenvalue weighted by Crippen LogP contribution is 2.02. The van der Waals surface area contributed by atoms with Gasteiger partial charge in [0.15, 0.2) is 0 Å². The number of carbonyl (C=O) groups is 2. The smallest absolute Gasteiger partial charge is 0.330 e. The third-order valence-corrected chi connectivity index (χ3v) is 1.77. The predicted molar refractivity (Wildman–Crippen MR) is 53.9 cm³/mol. The number of carboxylic acids is 1. The maximum Gasteiger partial charge on any atom is 0.330 e. The third-order valence-electron chi connectivity index (χ3n) is 1.77. The van der Waals surface area contributed by atoms with Crippen LogP contribution in [-0.4, -0.2) is 23.5 Å². The van der Waals surface area contributed by atoms with E-state index >= 15 is 0 Å². The zero-order valence-electron chi connectivity index (χ0n) is 8.51. The van der Waals surface area contributed by atoms with E-state index in [0.717, 1.165) is 25.8 Å². The fourth-order valence-corrected chi connectivity index (χ4v) is 0.904. The Balaban J connectivity index is 0.000000255. The summed E-state index contributed by atoms with van der Waals surface area (Å²) in [6.07, 6.45) is 4.18. The predicted octanol–water partition coefficient (Wildman–Crippen LogP) is 1.32. The molecule has 1 fully saturated rings. The van der Waals surface area contributed by atoms with E-state index in [1.54, 1.807) is 0 Å². The minimum atomic E-state index is -0.935. The second kappa shape index (κ2) is 7.12. The maximum absolute atomic E-state index is 10.6. The van der Waals surface area contributed by atoms with Crippen LogP contribution in [0.5, 0.6) is 0 Å². The van der Waals surface area contributed by atoms with Gasteiger partial charge in [0.25, 0.3) is 0 Å². The maximum atomic E-state index is 10.6. The number of carbonyl (C=O) groups excluding carboxylic acids is 1. The highest BCUT2D eigenvalue weighted by atomic mass is 16.4. The first-order chi connectivity index (χ1) is 6.54. The lowest BCUT2D eigenvalue weighted by molar-refractivity contribution is -0.132. The first kappa shape index (κ1) is 12.7. The highest BCUT2D eigenvalue weighted by Gasteiger charge is 2.03. The van der Waals surface area contributed by atoms with Crippen LogP contribution in [0.2, 0.25) is 0 Å². The quantitative estimate of drug-likeness (QED) is 0.626. The first-order valence-electron chi connectivity index (χ1n) is 4.69. The minimum Gasteiger partial charge on any atom is -0.478 e. The van der Waals surface area contributed by atoms with Gasteiger partial charge in [0.2, 0.25) is 5.91 Å².